The molecule has 0 bridgehead atoms. The molecular formula is C14H22N2O3. The van der Waals surface area contributed by atoms with Gasteiger partial charge >= 0.3 is 5.97 Å². The predicted molar refractivity (Wildman–Crippen MR) is 69.8 cm³/mol. The maximum atomic E-state index is 10.6. The van der Waals surface area contributed by atoms with Crippen molar-refractivity contribution in [3.63, 3.8) is 0 Å². The van der Waals surface area contributed by atoms with E-state index < -0.39 is 5.97 Å². The van der Waals surface area contributed by atoms with Crippen molar-refractivity contribution in [3.05, 3.63) is 11.7 Å². The van der Waals surface area contributed by atoms with E-state index in [1.165, 1.54) is 12.8 Å². The third-order valence-electron chi connectivity index (χ3n) is 3.83. The van der Waals surface area contributed by atoms with E-state index in [1.54, 1.807) is 0 Å². The molecule has 19 heavy (non-hydrogen) atoms. The molecule has 1 aliphatic rings. The molecule has 0 saturated heterocycles. The smallest absolute Gasteiger partial charge is 0.303 e. The first kappa shape index (κ1) is 14.0. The van der Waals surface area contributed by atoms with Crippen molar-refractivity contribution < 1.29 is 14.4 Å². The minimum absolute atomic E-state index is 0.0241. The van der Waals surface area contributed by atoms with Crippen molar-refractivity contribution in [1.82, 2.24) is 10.1 Å². The normalized spacial score (nSPS) is 25.2. The van der Waals surface area contributed by atoms with Gasteiger partial charge in [-0.3, -0.25) is 4.79 Å². The van der Waals surface area contributed by atoms with Gasteiger partial charge in [0.25, 0.3) is 0 Å². The summed E-state index contributed by atoms with van der Waals surface area (Å²) in [6, 6.07) is 0. The molecular weight excluding hydrogens is 244 g/mol. The molecule has 3 atom stereocenters. The number of carboxylic acids is 1. The molecule has 1 aromatic heterocycles. The lowest BCUT2D eigenvalue weighted by molar-refractivity contribution is -0.137. The van der Waals surface area contributed by atoms with E-state index in [1.807, 2.05) is 6.92 Å². The van der Waals surface area contributed by atoms with Gasteiger partial charge in [0.2, 0.25) is 5.89 Å². The van der Waals surface area contributed by atoms with Crippen LogP contribution in [-0.4, -0.2) is 21.2 Å². The number of aromatic nitrogens is 2. The summed E-state index contributed by atoms with van der Waals surface area (Å²) in [6.45, 7) is 4.16. The van der Waals surface area contributed by atoms with Crippen LogP contribution in [0.3, 0.4) is 0 Å². The highest BCUT2D eigenvalue weighted by molar-refractivity contribution is 5.66. The zero-order valence-corrected chi connectivity index (χ0v) is 11.6. The summed E-state index contributed by atoms with van der Waals surface area (Å²) in [6.07, 6.45) is 5.46. The van der Waals surface area contributed by atoms with Crippen molar-refractivity contribution >= 4 is 5.97 Å². The molecule has 5 heteroatoms. The summed E-state index contributed by atoms with van der Waals surface area (Å²) < 4.78 is 5.25. The fourth-order valence-electron chi connectivity index (χ4n) is 2.85. The van der Waals surface area contributed by atoms with Gasteiger partial charge in [0.1, 0.15) is 0 Å². The van der Waals surface area contributed by atoms with Crippen molar-refractivity contribution in [1.29, 1.82) is 0 Å². The van der Waals surface area contributed by atoms with E-state index in [9.17, 15) is 4.79 Å². The Morgan fingerprint density at radius 1 is 1.53 bits per heavy atom. The fourth-order valence-corrected chi connectivity index (χ4v) is 2.85. The fraction of sp³-hybridized carbons (Fsp3) is 0.786. The molecule has 1 aliphatic carbocycles. The average Bonchev–Trinajstić information content (AvgIpc) is 2.76. The molecule has 2 rings (SSSR count). The Kier molecular flexibility index (Phi) is 4.56. The largest absolute Gasteiger partial charge is 0.481 e. The Labute approximate surface area is 113 Å². The number of nitrogens with zero attached hydrogens (tertiary/aromatic N) is 2. The molecule has 0 amide bonds. The molecule has 5 nitrogen and oxygen atoms in total. The standard InChI is InChI=1S/C14H22N2O3/c1-9-4-3-5-11(6-9)14-15-12(19-16-14)7-10(2)8-13(17)18/h9-11H,3-8H2,1-2H3,(H,17,18). The Bertz CT molecular complexity index is 430. The summed E-state index contributed by atoms with van der Waals surface area (Å²) in [4.78, 5) is 15.1. The highest BCUT2D eigenvalue weighted by Gasteiger charge is 2.25. The van der Waals surface area contributed by atoms with Crippen LogP contribution in [0, 0.1) is 11.8 Å². The Hall–Kier alpha value is -1.39. The van der Waals surface area contributed by atoms with Crippen LogP contribution in [-0.2, 0) is 11.2 Å². The lowest BCUT2D eigenvalue weighted by Crippen LogP contribution is -2.13. The van der Waals surface area contributed by atoms with E-state index in [0.717, 1.165) is 24.6 Å². The summed E-state index contributed by atoms with van der Waals surface area (Å²) in [5.74, 6) is 1.76. The van der Waals surface area contributed by atoms with Crippen molar-refractivity contribution in [2.75, 3.05) is 0 Å². The van der Waals surface area contributed by atoms with Crippen LogP contribution >= 0.6 is 0 Å². The van der Waals surface area contributed by atoms with Crippen molar-refractivity contribution in [2.24, 2.45) is 11.8 Å². The minimum Gasteiger partial charge on any atom is -0.481 e. The molecule has 0 radical (unpaired) electrons. The maximum absolute atomic E-state index is 10.6. The van der Waals surface area contributed by atoms with Crippen molar-refractivity contribution in [3.8, 4) is 0 Å². The topological polar surface area (TPSA) is 76.2 Å². The Morgan fingerprint density at radius 3 is 3.00 bits per heavy atom. The molecule has 106 valence electrons. The van der Waals surface area contributed by atoms with Crippen LogP contribution in [0.5, 0.6) is 0 Å². The van der Waals surface area contributed by atoms with Crippen molar-refractivity contribution in [2.45, 2.75) is 58.3 Å². The quantitative estimate of drug-likeness (QED) is 0.886. The van der Waals surface area contributed by atoms with Crippen LogP contribution < -0.4 is 0 Å². The zero-order chi connectivity index (χ0) is 13.8. The maximum Gasteiger partial charge on any atom is 0.303 e. The average molecular weight is 266 g/mol. The van der Waals surface area contributed by atoms with E-state index >= 15 is 0 Å². The highest BCUT2D eigenvalue weighted by atomic mass is 16.5. The lowest BCUT2D eigenvalue weighted by Gasteiger charge is -2.23. The Morgan fingerprint density at radius 2 is 2.32 bits per heavy atom. The molecule has 0 aromatic carbocycles. The first-order valence-corrected chi connectivity index (χ1v) is 7.09. The van der Waals surface area contributed by atoms with Gasteiger partial charge in [-0.1, -0.05) is 31.8 Å². The Balaban J connectivity index is 1.93. The molecule has 1 heterocycles. The minimum atomic E-state index is -0.784. The second kappa shape index (κ2) is 6.17. The molecule has 1 saturated carbocycles. The van der Waals surface area contributed by atoms with Crippen LogP contribution in [0.15, 0.2) is 4.52 Å². The lowest BCUT2D eigenvalue weighted by atomic mass is 9.82. The predicted octanol–water partition coefficient (Wildman–Crippen LogP) is 3.02. The van der Waals surface area contributed by atoms with Gasteiger partial charge in [-0.05, 0) is 24.7 Å². The zero-order valence-electron chi connectivity index (χ0n) is 11.6. The first-order chi connectivity index (χ1) is 9.04. The summed E-state index contributed by atoms with van der Waals surface area (Å²) >= 11 is 0. The number of hydrogen-bond donors (Lipinski definition) is 1. The van der Waals surface area contributed by atoms with E-state index in [4.69, 9.17) is 9.63 Å². The highest BCUT2D eigenvalue weighted by Crippen LogP contribution is 2.34. The van der Waals surface area contributed by atoms with Gasteiger partial charge in [-0.25, -0.2) is 0 Å². The number of aliphatic carboxylic acids is 1. The van der Waals surface area contributed by atoms with Gasteiger partial charge in [-0.15, -0.1) is 0 Å². The van der Waals surface area contributed by atoms with Crippen LogP contribution in [0.2, 0.25) is 0 Å². The number of carboxylic acid groups (broad SMARTS) is 1. The third kappa shape index (κ3) is 4.04. The van der Waals surface area contributed by atoms with E-state index in [-0.39, 0.29) is 12.3 Å². The molecule has 3 unspecified atom stereocenters. The van der Waals surface area contributed by atoms with Gasteiger partial charge in [0.05, 0.1) is 0 Å². The van der Waals surface area contributed by atoms with Gasteiger partial charge in [-0.2, -0.15) is 4.98 Å². The monoisotopic (exact) mass is 266 g/mol. The van der Waals surface area contributed by atoms with E-state index in [2.05, 4.69) is 17.1 Å². The third-order valence-corrected chi connectivity index (χ3v) is 3.83. The molecule has 1 N–H and O–H groups in total. The number of carbonyl (C=O) groups is 1. The SMILES string of the molecule is CC(CC(=O)O)Cc1nc(C2CCCC(C)C2)no1. The number of rotatable bonds is 5. The van der Waals surface area contributed by atoms with Crippen LogP contribution in [0.25, 0.3) is 0 Å². The summed E-state index contributed by atoms with van der Waals surface area (Å²) in [5.41, 5.74) is 0. The molecule has 0 aliphatic heterocycles. The molecule has 1 fully saturated rings. The second-order valence-electron chi connectivity index (χ2n) is 5.92. The van der Waals surface area contributed by atoms with Crippen LogP contribution in [0.1, 0.15) is 63.6 Å². The summed E-state index contributed by atoms with van der Waals surface area (Å²) in [7, 11) is 0. The molecule has 0 spiro atoms. The first-order valence-electron chi connectivity index (χ1n) is 7.09. The van der Waals surface area contributed by atoms with Gasteiger partial charge in [0.15, 0.2) is 5.82 Å². The summed E-state index contributed by atoms with van der Waals surface area (Å²) in [5, 5.41) is 12.8. The number of hydrogen-bond acceptors (Lipinski definition) is 4. The van der Waals surface area contributed by atoms with Crippen LogP contribution in [0.4, 0.5) is 0 Å². The van der Waals surface area contributed by atoms with Gasteiger partial charge in [0, 0.05) is 18.8 Å². The second-order valence-corrected chi connectivity index (χ2v) is 5.92. The van der Waals surface area contributed by atoms with E-state index in [0.29, 0.717) is 18.2 Å². The molecule has 1 aromatic rings. The van der Waals surface area contributed by atoms with Gasteiger partial charge < -0.3 is 9.63 Å².